The highest BCUT2D eigenvalue weighted by molar-refractivity contribution is 7.13. The summed E-state index contributed by atoms with van der Waals surface area (Å²) in [7, 11) is 0. The third-order valence-electron chi connectivity index (χ3n) is 2.96. The van der Waals surface area contributed by atoms with Crippen molar-refractivity contribution in [2.75, 3.05) is 10.6 Å². The minimum Gasteiger partial charge on any atom is -0.361 e. The van der Waals surface area contributed by atoms with Crippen LogP contribution in [0.1, 0.15) is 24.3 Å². The second-order valence-corrected chi connectivity index (χ2v) is 5.93. The number of nitrogens with zero attached hydrogens (tertiary/aromatic N) is 1. The van der Waals surface area contributed by atoms with Gasteiger partial charge in [-0.3, -0.25) is 4.79 Å². The van der Waals surface area contributed by atoms with Crippen LogP contribution in [0.4, 0.5) is 10.8 Å². The van der Waals surface area contributed by atoms with Crippen LogP contribution < -0.4 is 10.6 Å². The Labute approximate surface area is 126 Å². The van der Waals surface area contributed by atoms with E-state index in [0.29, 0.717) is 11.7 Å². The molecule has 0 aliphatic carbocycles. The van der Waals surface area contributed by atoms with Crippen LogP contribution in [-0.4, -0.2) is 21.9 Å². The Hall–Kier alpha value is -2.34. The number of carbonyl (C=O) groups is 1. The molecule has 0 aliphatic heterocycles. The quantitative estimate of drug-likeness (QED) is 0.688. The van der Waals surface area contributed by atoms with E-state index < -0.39 is 0 Å². The Morgan fingerprint density at radius 3 is 3.00 bits per heavy atom. The van der Waals surface area contributed by atoms with Crippen molar-refractivity contribution in [3.05, 3.63) is 41.5 Å². The van der Waals surface area contributed by atoms with Crippen LogP contribution >= 0.6 is 11.3 Å². The summed E-state index contributed by atoms with van der Waals surface area (Å²) in [5.41, 5.74) is 2.17. The lowest BCUT2D eigenvalue weighted by molar-refractivity contribution is 0.102. The van der Waals surface area contributed by atoms with Crippen molar-refractivity contribution in [1.82, 2.24) is 9.97 Å². The number of nitrogens with one attached hydrogen (secondary N) is 3. The van der Waals surface area contributed by atoms with Gasteiger partial charge in [0.1, 0.15) is 5.69 Å². The van der Waals surface area contributed by atoms with E-state index in [0.717, 1.165) is 21.7 Å². The largest absolute Gasteiger partial charge is 0.361 e. The molecule has 0 saturated carbocycles. The lowest BCUT2D eigenvalue weighted by atomic mass is 10.2. The van der Waals surface area contributed by atoms with E-state index in [9.17, 15) is 4.79 Å². The Balaban J connectivity index is 1.74. The first-order chi connectivity index (χ1) is 10.1. The van der Waals surface area contributed by atoms with Gasteiger partial charge in [0.15, 0.2) is 5.13 Å². The maximum atomic E-state index is 12.2. The summed E-state index contributed by atoms with van der Waals surface area (Å²) in [5.74, 6) is -0.200. The number of aromatic nitrogens is 2. The van der Waals surface area contributed by atoms with E-state index in [2.05, 4.69) is 20.6 Å². The maximum Gasteiger partial charge on any atom is 0.275 e. The van der Waals surface area contributed by atoms with Crippen molar-refractivity contribution in [2.45, 2.75) is 19.9 Å². The maximum absolute atomic E-state index is 12.2. The highest BCUT2D eigenvalue weighted by Gasteiger charge is 2.11. The van der Waals surface area contributed by atoms with E-state index in [1.165, 1.54) is 11.3 Å². The van der Waals surface area contributed by atoms with E-state index in [1.54, 1.807) is 5.38 Å². The third kappa shape index (κ3) is 3.05. The number of H-pyrrole nitrogens is 1. The van der Waals surface area contributed by atoms with E-state index in [4.69, 9.17) is 0 Å². The van der Waals surface area contributed by atoms with E-state index in [1.807, 2.05) is 44.3 Å². The van der Waals surface area contributed by atoms with Crippen LogP contribution in [0.2, 0.25) is 0 Å². The van der Waals surface area contributed by atoms with Gasteiger partial charge in [0.2, 0.25) is 0 Å². The van der Waals surface area contributed by atoms with Crippen molar-refractivity contribution < 1.29 is 4.79 Å². The number of anilines is 2. The summed E-state index contributed by atoms with van der Waals surface area (Å²) in [6, 6.07) is 8.04. The predicted molar refractivity (Wildman–Crippen MR) is 87.1 cm³/mol. The molecule has 108 valence electrons. The Morgan fingerprint density at radius 1 is 1.33 bits per heavy atom. The molecule has 2 aromatic heterocycles. The number of aromatic amines is 1. The number of rotatable bonds is 4. The standard InChI is InChI=1S/C15H16N4OS/c1-9(2)17-15-19-13(8-21-15)14(20)18-11-4-3-10-5-6-16-12(10)7-11/h3-9,16H,1-2H3,(H,17,19)(H,18,20). The minimum atomic E-state index is -0.200. The first-order valence-electron chi connectivity index (χ1n) is 6.72. The molecular formula is C15H16N4OS. The smallest absolute Gasteiger partial charge is 0.275 e. The van der Waals surface area contributed by atoms with Gasteiger partial charge in [-0.2, -0.15) is 0 Å². The molecule has 0 aliphatic rings. The van der Waals surface area contributed by atoms with Crippen LogP contribution in [-0.2, 0) is 0 Å². The van der Waals surface area contributed by atoms with Gasteiger partial charge in [-0.15, -0.1) is 11.3 Å². The Morgan fingerprint density at radius 2 is 2.19 bits per heavy atom. The van der Waals surface area contributed by atoms with Crippen LogP contribution in [0, 0.1) is 0 Å². The SMILES string of the molecule is CC(C)Nc1nc(C(=O)Nc2ccc3cc[nH]c3c2)cs1. The summed E-state index contributed by atoms with van der Waals surface area (Å²) in [6.07, 6.45) is 1.88. The van der Waals surface area contributed by atoms with Crippen molar-refractivity contribution in [3.63, 3.8) is 0 Å². The molecule has 3 rings (SSSR count). The lowest BCUT2D eigenvalue weighted by Gasteiger charge is -2.05. The van der Waals surface area contributed by atoms with Crippen molar-refractivity contribution in [1.29, 1.82) is 0 Å². The van der Waals surface area contributed by atoms with E-state index >= 15 is 0 Å². The number of carbonyl (C=O) groups excluding carboxylic acids is 1. The number of benzene rings is 1. The number of fused-ring (bicyclic) bond motifs is 1. The second-order valence-electron chi connectivity index (χ2n) is 5.07. The van der Waals surface area contributed by atoms with Gasteiger partial charge in [-0.1, -0.05) is 6.07 Å². The Bertz CT molecular complexity index is 775. The number of hydrogen-bond acceptors (Lipinski definition) is 4. The fourth-order valence-corrected chi connectivity index (χ4v) is 2.85. The molecule has 5 nitrogen and oxygen atoms in total. The van der Waals surface area contributed by atoms with Crippen LogP contribution in [0.3, 0.4) is 0 Å². The predicted octanol–water partition coefficient (Wildman–Crippen LogP) is 3.70. The number of hydrogen-bond donors (Lipinski definition) is 3. The third-order valence-corrected chi connectivity index (χ3v) is 3.74. The molecule has 21 heavy (non-hydrogen) atoms. The van der Waals surface area contributed by atoms with Gasteiger partial charge < -0.3 is 15.6 Å². The molecule has 3 N–H and O–H groups in total. The van der Waals surface area contributed by atoms with Gasteiger partial charge >= 0.3 is 0 Å². The molecule has 1 amide bonds. The zero-order valence-corrected chi connectivity index (χ0v) is 12.6. The fourth-order valence-electron chi connectivity index (χ4n) is 2.01. The van der Waals surface area contributed by atoms with Crippen LogP contribution in [0.15, 0.2) is 35.8 Å². The topological polar surface area (TPSA) is 69.8 Å². The second kappa shape index (κ2) is 5.57. The van der Waals surface area contributed by atoms with Gasteiger partial charge in [-0.05, 0) is 37.4 Å². The van der Waals surface area contributed by atoms with Crippen molar-refractivity contribution >= 4 is 39.0 Å². The van der Waals surface area contributed by atoms with Crippen molar-refractivity contribution in [2.24, 2.45) is 0 Å². The number of amides is 1. The first-order valence-corrected chi connectivity index (χ1v) is 7.60. The highest BCUT2D eigenvalue weighted by atomic mass is 32.1. The zero-order chi connectivity index (χ0) is 14.8. The van der Waals surface area contributed by atoms with E-state index in [-0.39, 0.29) is 5.91 Å². The summed E-state index contributed by atoms with van der Waals surface area (Å²) in [6.45, 7) is 4.07. The first kappa shape index (κ1) is 13.6. The molecule has 3 aromatic rings. The highest BCUT2D eigenvalue weighted by Crippen LogP contribution is 2.20. The summed E-state index contributed by atoms with van der Waals surface area (Å²) < 4.78 is 0. The van der Waals surface area contributed by atoms with Crippen LogP contribution in [0.25, 0.3) is 10.9 Å². The molecule has 1 aromatic carbocycles. The number of thiazole rings is 1. The zero-order valence-electron chi connectivity index (χ0n) is 11.8. The molecule has 0 saturated heterocycles. The molecule has 0 bridgehead atoms. The van der Waals surface area contributed by atoms with Crippen LogP contribution in [0.5, 0.6) is 0 Å². The molecular weight excluding hydrogens is 284 g/mol. The van der Waals surface area contributed by atoms with Gasteiger partial charge in [0, 0.05) is 28.8 Å². The summed E-state index contributed by atoms with van der Waals surface area (Å²) in [5, 5.41) is 9.68. The average Bonchev–Trinajstić information content (AvgIpc) is 3.06. The van der Waals surface area contributed by atoms with Gasteiger partial charge in [-0.25, -0.2) is 4.98 Å². The average molecular weight is 300 g/mol. The monoisotopic (exact) mass is 300 g/mol. The summed E-state index contributed by atoms with van der Waals surface area (Å²) in [4.78, 5) is 19.6. The molecule has 6 heteroatoms. The Kier molecular flexibility index (Phi) is 3.62. The molecule has 0 unspecified atom stereocenters. The summed E-state index contributed by atoms with van der Waals surface area (Å²) >= 11 is 1.43. The molecule has 0 spiro atoms. The molecule has 0 fully saturated rings. The fraction of sp³-hybridized carbons (Fsp3) is 0.200. The van der Waals surface area contributed by atoms with Gasteiger partial charge in [0.05, 0.1) is 0 Å². The van der Waals surface area contributed by atoms with Crippen molar-refractivity contribution in [3.8, 4) is 0 Å². The molecule has 0 atom stereocenters. The lowest BCUT2D eigenvalue weighted by Crippen LogP contribution is -2.13. The minimum absolute atomic E-state index is 0.200. The normalized spacial score (nSPS) is 11.0. The molecule has 0 radical (unpaired) electrons. The van der Waals surface area contributed by atoms with Gasteiger partial charge in [0.25, 0.3) is 5.91 Å². The molecule has 2 heterocycles.